The Labute approximate surface area is 252 Å². The molecule has 216 valence electrons. The molecular weight excluding hydrogens is 577 g/mol. The van der Waals surface area contributed by atoms with Crippen LogP contribution < -0.4 is 26.2 Å². The lowest BCUT2D eigenvalue weighted by molar-refractivity contribution is -0.119. The molecule has 0 bridgehead atoms. The second-order valence-corrected chi connectivity index (χ2v) is 10.7. The van der Waals surface area contributed by atoms with E-state index in [0.717, 1.165) is 12.0 Å². The highest BCUT2D eigenvalue weighted by Crippen LogP contribution is 2.41. The summed E-state index contributed by atoms with van der Waals surface area (Å²) >= 11 is 13.7. The first-order chi connectivity index (χ1) is 20.3. The molecule has 1 aliphatic rings. The Bertz CT molecular complexity index is 1720. The lowest BCUT2D eigenvalue weighted by atomic mass is 10.00. The van der Waals surface area contributed by atoms with E-state index in [0.29, 0.717) is 58.5 Å². The quantitative estimate of drug-likeness (QED) is 0.246. The molecule has 2 aromatic heterocycles. The Hall–Kier alpha value is -4.18. The van der Waals surface area contributed by atoms with Crippen molar-refractivity contribution < 1.29 is 14.3 Å². The molecule has 5 rings (SSSR count). The van der Waals surface area contributed by atoms with Crippen molar-refractivity contribution in [3.63, 3.8) is 0 Å². The summed E-state index contributed by atoms with van der Waals surface area (Å²) in [5.74, 6) is -0.0118. The van der Waals surface area contributed by atoms with E-state index in [1.807, 2.05) is 30.3 Å². The molecule has 2 amide bonds. The number of ether oxygens (including phenoxy) is 1. The van der Waals surface area contributed by atoms with Crippen molar-refractivity contribution in [1.29, 1.82) is 0 Å². The number of aromatic nitrogens is 2. The van der Waals surface area contributed by atoms with Gasteiger partial charge in [0, 0.05) is 61.1 Å². The van der Waals surface area contributed by atoms with Gasteiger partial charge in [0.2, 0.25) is 11.8 Å². The fourth-order valence-electron chi connectivity index (χ4n) is 4.88. The van der Waals surface area contributed by atoms with Crippen LogP contribution in [0.3, 0.4) is 0 Å². The zero-order valence-corrected chi connectivity index (χ0v) is 24.6. The Balaban J connectivity index is 1.38. The summed E-state index contributed by atoms with van der Waals surface area (Å²) in [5.41, 5.74) is 3.36. The number of aryl methyl sites for hydroxylation is 1. The topological polar surface area (TPSA) is 114 Å². The van der Waals surface area contributed by atoms with E-state index >= 15 is 0 Å². The fraction of sp³-hybridized carbons (Fsp3) is 0.226. The van der Waals surface area contributed by atoms with Crippen LogP contribution in [0.2, 0.25) is 10.0 Å². The van der Waals surface area contributed by atoms with Gasteiger partial charge in [-0.25, -0.2) is 4.98 Å². The van der Waals surface area contributed by atoms with Crippen LogP contribution in [0.15, 0.2) is 71.7 Å². The van der Waals surface area contributed by atoms with Crippen LogP contribution in [0.4, 0.5) is 5.69 Å². The third-order valence-corrected chi connectivity index (χ3v) is 7.92. The smallest absolute Gasteiger partial charge is 0.263 e. The van der Waals surface area contributed by atoms with E-state index in [1.165, 1.54) is 10.6 Å². The molecule has 2 aromatic carbocycles. The van der Waals surface area contributed by atoms with Gasteiger partial charge in [0.1, 0.15) is 5.56 Å². The number of nitrogens with zero attached hydrogens (tertiary/aromatic N) is 2. The molecule has 1 saturated heterocycles. The Morgan fingerprint density at radius 1 is 1.02 bits per heavy atom. The number of carbonyl (C=O) groups is 2. The van der Waals surface area contributed by atoms with E-state index in [4.69, 9.17) is 32.9 Å². The summed E-state index contributed by atoms with van der Waals surface area (Å²) < 4.78 is 6.91. The van der Waals surface area contributed by atoms with E-state index < -0.39 is 11.5 Å². The van der Waals surface area contributed by atoms with E-state index in [1.54, 1.807) is 44.6 Å². The van der Waals surface area contributed by atoms with Crippen LogP contribution in [0.25, 0.3) is 22.4 Å². The van der Waals surface area contributed by atoms with Gasteiger partial charge >= 0.3 is 0 Å². The summed E-state index contributed by atoms with van der Waals surface area (Å²) in [6.07, 6.45) is 2.96. The van der Waals surface area contributed by atoms with E-state index in [9.17, 15) is 14.4 Å². The summed E-state index contributed by atoms with van der Waals surface area (Å²) in [6.45, 7) is 1.19. The van der Waals surface area contributed by atoms with Crippen molar-refractivity contribution in [2.75, 3.05) is 19.0 Å². The number of pyridine rings is 2. The van der Waals surface area contributed by atoms with Gasteiger partial charge in [-0.2, -0.15) is 0 Å². The van der Waals surface area contributed by atoms with Gasteiger partial charge in [0.05, 0.1) is 28.5 Å². The Kier molecular flexibility index (Phi) is 8.91. The third kappa shape index (κ3) is 6.18. The maximum Gasteiger partial charge on any atom is 0.263 e. The average Bonchev–Trinajstić information content (AvgIpc) is 3.40. The summed E-state index contributed by atoms with van der Waals surface area (Å²) in [6, 6.07) is 17.8. The van der Waals surface area contributed by atoms with Crippen LogP contribution in [-0.2, 0) is 18.4 Å². The maximum atomic E-state index is 12.9. The highest BCUT2D eigenvalue weighted by atomic mass is 35.5. The monoisotopic (exact) mass is 605 g/mol. The molecule has 0 saturated carbocycles. The zero-order chi connectivity index (χ0) is 29.8. The van der Waals surface area contributed by atoms with Gasteiger partial charge in [0.15, 0.2) is 0 Å². The predicted octanol–water partition coefficient (Wildman–Crippen LogP) is 5.05. The normalized spacial score (nSPS) is 14.5. The first-order valence-electron chi connectivity index (χ1n) is 13.4. The van der Waals surface area contributed by atoms with Crippen molar-refractivity contribution in [1.82, 2.24) is 20.2 Å². The second kappa shape index (κ2) is 12.8. The summed E-state index contributed by atoms with van der Waals surface area (Å²) in [5, 5.41) is 9.76. The highest BCUT2D eigenvalue weighted by Gasteiger charge is 2.21. The number of rotatable bonds is 9. The molecule has 0 spiro atoms. The van der Waals surface area contributed by atoms with Crippen molar-refractivity contribution in [2.45, 2.75) is 25.4 Å². The Morgan fingerprint density at radius 3 is 2.50 bits per heavy atom. The van der Waals surface area contributed by atoms with Gasteiger partial charge in [-0.3, -0.25) is 14.4 Å². The van der Waals surface area contributed by atoms with Crippen LogP contribution in [0.1, 0.15) is 28.8 Å². The molecule has 0 aliphatic carbocycles. The molecule has 4 aromatic rings. The van der Waals surface area contributed by atoms with Gasteiger partial charge < -0.3 is 25.3 Å². The SMILES string of the molecule is COc1nc(-c2cccc(-c3cccc(NC(=O)c4cccn(C)c4=O)c3Cl)c2Cl)ccc1CNCC1CCC(=O)N1. The number of halogens is 2. The van der Waals surface area contributed by atoms with Crippen molar-refractivity contribution in [3.8, 4) is 28.3 Å². The zero-order valence-electron chi connectivity index (χ0n) is 23.0. The van der Waals surface area contributed by atoms with Crippen LogP contribution in [0, 0.1) is 0 Å². The maximum absolute atomic E-state index is 12.9. The molecule has 1 atom stereocenters. The van der Waals surface area contributed by atoms with Crippen LogP contribution >= 0.6 is 23.2 Å². The number of benzene rings is 2. The largest absolute Gasteiger partial charge is 0.481 e. The number of carbonyl (C=O) groups excluding carboxylic acids is 2. The van der Waals surface area contributed by atoms with Crippen LogP contribution in [-0.4, -0.2) is 41.1 Å². The lowest BCUT2D eigenvalue weighted by Gasteiger charge is -2.16. The first kappa shape index (κ1) is 29.3. The number of hydrogen-bond acceptors (Lipinski definition) is 6. The molecule has 1 fully saturated rings. The Morgan fingerprint density at radius 2 is 1.76 bits per heavy atom. The molecular formula is C31H29Cl2N5O4. The summed E-state index contributed by atoms with van der Waals surface area (Å²) in [4.78, 5) is 41.4. The van der Waals surface area contributed by atoms with Crippen LogP contribution in [0.5, 0.6) is 5.88 Å². The molecule has 42 heavy (non-hydrogen) atoms. The first-order valence-corrected chi connectivity index (χ1v) is 14.1. The molecule has 9 nitrogen and oxygen atoms in total. The minimum atomic E-state index is -0.561. The number of amides is 2. The number of hydrogen-bond donors (Lipinski definition) is 3. The van der Waals surface area contributed by atoms with Crippen molar-refractivity contribution in [3.05, 3.63) is 98.4 Å². The van der Waals surface area contributed by atoms with Gasteiger partial charge in [-0.05, 0) is 30.7 Å². The highest BCUT2D eigenvalue weighted by molar-refractivity contribution is 6.39. The average molecular weight is 607 g/mol. The van der Waals surface area contributed by atoms with E-state index in [2.05, 4.69) is 16.0 Å². The standard InChI is InChI=1S/C31H29Cl2N5O4/c1-38-15-5-9-23(31(38)41)29(40)36-25-10-4-7-21(28(25)33)20-6-3-8-22(27(20)32)24-13-11-18(30(37-24)42-2)16-34-17-19-12-14-26(39)35-19/h3-11,13,15,19,34H,12,14,16-17H2,1-2H3,(H,35,39)(H,36,40). The van der Waals surface area contributed by atoms with Gasteiger partial charge in [-0.1, -0.05) is 59.6 Å². The van der Waals surface area contributed by atoms with E-state index in [-0.39, 0.29) is 22.5 Å². The predicted molar refractivity (Wildman–Crippen MR) is 164 cm³/mol. The molecule has 11 heteroatoms. The fourth-order valence-corrected chi connectivity index (χ4v) is 5.48. The number of methoxy groups -OCH3 is 1. The molecule has 3 heterocycles. The minimum absolute atomic E-state index is 0.00507. The molecule has 1 aliphatic heterocycles. The lowest BCUT2D eigenvalue weighted by Crippen LogP contribution is -2.35. The number of anilines is 1. The van der Waals surface area contributed by atoms with Crippen molar-refractivity contribution in [2.24, 2.45) is 7.05 Å². The third-order valence-electron chi connectivity index (χ3n) is 7.10. The van der Waals surface area contributed by atoms with Gasteiger partial charge in [-0.15, -0.1) is 0 Å². The second-order valence-electron chi connectivity index (χ2n) is 9.93. The molecule has 0 radical (unpaired) electrons. The van der Waals surface area contributed by atoms with Crippen molar-refractivity contribution >= 4 is 40.7 Å². The summed E-state index contributed by atoms with van der Waals surface area (Å²) in [7, 11) is 3.14. The molecule has 1 unspecified atom stereocenters. The van der Waals surface area contributed by atoms with Gasteiger partial charge in [0.25, 0.3) is 11.5 Å². The number of nitrogens with one attached hydrogen (secondary N) is 3. The minimum Gasteiger partial charge on any atom is -0.481 e. The molecule has 3 N–H and O–H groups in total.